The Hall–Kier alpha value is -3.25. The lowest BCUT2D eigenvalue weighted by Gasteiger charge is -2.28. The highest BCUT2D eigenvalue weighted by molar-refractivity contribution is 5.67. The molecule has 0 N–H and O–H groups in total. The number of fused-ring (bicyclic) bond motifs is 1. The van der Waals surface area contributed by atoms with E-state index in [1.807, 2.05) is 36.0 Å². The van der Waals surface area contributed by atoms with Gasteiger partial charge in [0.2, 0.25) is 5.78 Å². The van der Waals surface area contributed by atoms with Gasteiger partial charge in [0, 0.05) is 48.5 Å². The van der Waals surface area contributed by atoms with Crippen LogP contribution in [0.2, 0.25) is 0 Å². The van der Waals surface area contributed by atoms with Gasteiger partial charge in [-0.25, -0.2) is 14.4 Å². The maximum Gasteiger partial charge on any atom is 0.234 e. The third-order valence-electron chi connectivity index (χ3n) is 5.28. The number of rotatable bonds is 3. The molecule has 5 nitrogen and oxygen atoms in total. The van der Waals surface area contributed by atoms with Crippen molar-refractivity contribution in [3.8, 4) is 22.4 Å². The van der Waals surface area contributed by atoms with Crippen LogP contribution in [0, 0.1) is 12.7 Å². The lowest BCUT2D eigenvalue weighted by Crippen LogP contribution is -2.36. The molecule has 1 fully saturated rings. The van der Waals surface area contributed by atoms with Crippen molar-refractivity contribution >= 4 is 11.5 Å². The SMILES string of the molecule is Cc1ccc(F)c(-c2cn3cc(-c4ccc(N5CCOCC5)cc4)cnc3n2)c1. The largest absolute Gasteiger partial charge is 0.378 e. The standard InChI is InChI=1S/C23H21FN4O/c1-16-2-7-21(24)20(12-16)22-15-28-14-18(13-25-23(28)26-22)17-3-5-19(6-4-17)27-8-10-29-11-9-27/h2-7,12-15H,8-11H2,1H3. The van der Waals surface area contributed by atoms with E-state index < -0.39 is 0 Å². The summed E-state index contributed by atoms with van der Waals surface area (Å²) in [5, 5.41) is 0. The smallest absolute Gasteiger partial charge is 0.234 e. The molecule has 2 aromatic carbocycles. The van der Waals surface area contributed by atoms with Crippen molar-refractivity contribution in [2.24, 2.45) is 0 Å². The van der Waals surface area contributed by atoms with Gasteiger partial charge < -0.3 is 9.64 Å². The van der Waals surface area contributed by atoms with E-state index in [0.717, 1.165) is 43.0 Å². The van der Waals surface area contributed by atoms with Crippen LogP contribution < -0.4 is 4.90 Å². The van der Waals surface area contributed by atoms with Crippen molar-refractivity contribution in [2.45, 2.75) is 6.92 Å². The molecular weight excluding hydrogens is 367 g/mol. The van der Waals surface area contributed by atoms with Gasteiger partial charge in [0.05, 0.1) is 18.9 Å². The van der Waals surface area contributed by atoms with Gasteiger partial charge in [0.1, 0.15) is 5.82 Å². The summed E-state index contributed by atoms with van der Waals surface area (Å²) in [4.78, 5) is 11.3. The van der Waals surface area contributed by atoms with Crippen LogP contribution in [0.4, 0.5) is 10.1 Å². The summed E-state index contributed by atoms with van der Waals surface area (Å²) in [5.41, 5.74) is 5.33. The minimum atomic E-state index is -0.280. The Morgan fingerprint density at radius 3 is 2.55 bits per heavy atom. The predicted octanol–water partition coefficient (Wildman–Crippen LogP) is 4.35. The third kappa shape index (κ3) is 3.47. The van der Waals surface area contributed by atoms with E-state index in [4.69, 9.17) is 4.74 Å². The highest BCUT2D eigenvalue weighted by Crippen LogP contribution is 2.26. The van der Waals surface area contributed by atoms with Gasteiger partial charge in [0.25, 0.3) is 0 Å². The molecule has 0 radical (unpaired) electrons. The Morgan fingerprint density at radius 2 is 1.76 bits per heavy atom. The number of aromatic nitrogens is 3. The summed E-state index contributed by atoms with van der Waals surface area (Å²) in [6, 6.07) is 13.5. The van der Waals surface area contributed by atoms with Gasteiger partial charge >= 0.3 is 0 Å². The summed E-state index contributed by atoms with van der Waals surface area (Å²) in [5.74, 6) is 0.271. The van der Waals surface area contributed by atoms with Crippen molar-refractivity contribution in [1.29, 1.82) is 0 Å². The molecular formula is C23H21FN4O. The number of benzene rings is 2. The molecule has 2 aromatic heterocycles. The maximum atomic E-state index is 14.2. The normalized spacial score (nSPS) is 14.5. The van der Waals surface area contributed by atoms with E-state index in [2.05, 4.69) is 39.1 Å². The number of aryl methyl sites for hydroxylation is 1. The van der Waals surface area contributed by atoms with Crippen LogP contribution in [0.5, 0.6) is 0 Å². The molecule has 0 bridgehead atoms. The molecule has 5 rings (SSSR count). The fourth-order valence-corrected chi connectivity index (χ4v) is 3.69. The lowest BCUT2D eigenvalue weighted by atomic mass is 10.1. The average molecular weight is 388 g/mol. The molecule has 29 heavy (non-hydrogen) atoms. The van der Waals surface area contributed by atoms with E-state index >= 15 is 0 Å². The minimum Gasteiger partial charge on any atom is -0.378 e. The van der Waals surface area contributed by atoms with Crippen LogP contribution in [0.1, 0.15) is 5.56 Å². The Morgan fingerprint density at radius 1 is 0.966 bits per heavy atom. The highest BCUT2D eigenvalue weighted by atomic mass is 19.1. The molecule has 1 saturated heterocycles. The van der Waals surface area contributed by atoms with E-state index in [1.54, 1.807) is 6.07 Å². The van der Waals surface area contributed by atoms with Crippen LogP contribution in [0.3, 0.4) is 0 Å². The monoisotopic (exact) mass is 388 g/mol. The molecule has 0 spiro atoms. The molecule has 146 valence electrons. The van der Waals surface area contributed by atoms with Crippen LogP contribution in [-0.4, -0.2) is 40.7 Å². The van der Waals surface area contributed by atoms with Gasteiger partial charge in [-0.05, 0) is 36.8 Å². The van der Waals surface area contributed by atoms with Gasteiger partial charge in [0.15, 0.2) is 0 Å². The van der Waals surface area contributed by atoms with Crippen molar-refractivity contribution in [3.63, 3.8) is 0 Å². The molecule has 1 aliphatic rings. The topological polar surface area (TPSA) is 42.7 Å². The van der Waals surface area contributed by atoms with E-state index in [0.29, 0.717) is 17.0 Å². The second-order valence-electron chi connectivity index (χ2n) is 7.31. The molecule has 0 saturated carbocycles. The summed E-state index contributed by atoms with van der Waals surface area (Å²) in [6.07, 6.45) is 5.62. The number of hydrogen-bond acceptors (Lipinski definition) is 4. The zero-order valence-electron chi connectivity index (χ0n) is 16.2. The molecule has 0 atom stereocenters. The summed E-state index contributed by atoms with van der Waals surface area (Å²) >= 11 is 0. The van der Waals surface area contributed by atoms with Crippen molar-refractivity contribution < 1.29 is 9.13 Å². The molecule has 0 amide bonds. The first-order valence-corrected chi connectivity index (χ1v) is 9.72. The van der Waals surface area contributed by atoms with Gasteiger partial charge in [-0.2, -0.15) is 0 Å². The average Bonchev–Trinajstić information content (AvgIpc) is 3.19. The minimum absolute atomic E-state index is 0.280. The van der Waals surface area contributed by atoms with E-state index in [1.165, 1.54) is 11.8 Å². The van der Waals surface area contributed by atoms with Gasteiger partial charge in [-0.1, -0.05) is 23.8 Å². The first-order chi connectivity index (χ1) is 14.2. The fourth-order valence-electron chi connectivity index (χ4n) is 3.69. The van der Waals surface area contributed by atoms with E-state index in [9.17, 15) is 4.39 Å². The van der Waals surface area contributed by atoms with Crippen molar-refractivity contribution in [1.82, 2.24) is 14.4 Å². The predicted molar refractivity (Wildman–Crippen MR) is 112 cm³/mol. The second kappa shape index (κ2) is 7.29. The maximum absolute atomic E-state index is 14.2. The molecule has 0 unspecified atom stereocenters. The number of nitrogens with zero attached hydrogens (tertiary/aromatic N) is 4. The quantitative estimate of drug-likeness (QED) is 0.523. The van der Waals surface area contributed by atoms with Crippen molar-refractivity contribution in [2.75, 3.05) is 31.2 Å². The lowest BCUT2D eigenvalue weighted by molar-refractivity contribution is 0.122. The summed E-state index contributed by atoms with van der Waals surface area (Å²) in [6.45, 7) is 5.32. The Bertz CT molecular complexity index is 1160. The zero-order chi connectivity index (χ0) is 19.8. The number of hydrogen-bond donors (Lipinski definition) is 0. The van der Waals surface area contributed by atoms with Crippen molar-refractivity contribution in [3.05, 3.63) is 72.4 Å². The summed E-state index contributed by atoms with van der Waals surface area (Å²) in [7, 11) is 0. The molecule has 6 heteroatoms. The molecule has 3 heterocycles. The van der Waals surface area contributed by atoms with Crippen LogP contribution >= 0.6 is 0 Å². The highest BCUT2D eigenvalue weighted by Gasteiger charge is 2.13. The summed E-state index contributed by atoms with van der Waals surface area (Å²) < 4.78 is 21.5. The van der Waals surface area contributed by atoms with Gasteiger partial charge in [-0.3, -0.25) is 4.40 Å². The fraction of sp³-hybridized carbons (Fsp3) is 0.217. The molecule has 1 aliphatic heterocycles. The van der Waals surface area contributed by atoms with Crippen LogP contribution in [0.25, 0.3) is 28.2 Å². The Labute approximate surface area is 168 Å². The first-order valence-electron chi connectivity index (χ1n) is 9.72. The molecule has 4 aromatic rings. The number of morpholine rings is 1. The van der Waals surface area contributed by atoms with Gasteiger partial charge in [-0.15, -0.1) is 0 Å². The first kappa shape index (κ1) is 17.8. The third-order valence-corrected chi connectivity index (χ3v) is 5.28. The number of imidazole rings is 1. The number of halogens is 1. The van der Waals surface area contributed by atoms with Crippen LogP contribution in [-0.2, 0) is 4.74 Å². The Balaban J connectivity index is 1.46. The van der Waals surface area contributed by atoms with E-state index in [-0.39, 0.29) is 5.82 Å². The Kier molecular flexibility index (Phi) is 4.48. The van der Waals surface area contributed by atoms with Crippen LogP contribution in [0.15, 0.2) is 61.1 Å². The molecule has 0 aliphatic carbocycles. The second-order valence-corrected chi connectivity index (χ2v) is 7.31. The number of ether oxygens (including phenoxy) is 1. The zero-order valence-corrected chi connectivity index (χ0v) is 16.2. The number of anilines is 1.